The number of nitrogens with zero attached hydrogens (tertiary/aromatic N) is 5. The zero-order valence-electron chi connectivity index (χ0n) is 23.5. The smallest absolute Gasteiger partial charge is 0.464 e. The Morgan fingerprint density at radius 3 is 2.39 bits per heavy atom. The number of esters is 1. The van der Waals surface area contributed by atoms with Gasteiger partial charge in [-0.25, -0.2) is 9.59 Å². The highest BCUT2D eigenvalue weighted by atomic mass is 16.6. The highest BCUT2D eigenvalue weighted by Gasteiger charge is 2.48. The van der Waals surface area contributed by atoms with Gasteiger partial charge in [0.05, 0.1) is 12.8 Å². The van der Waals surface area contributed by atoms with Crippen LogP contribution in [0.2, 0.25) is 0 Å². The molecule has 1 aliphatic heterocycles. The van der Waals surface area contributed by atoms with Crippen LogP contribution in [0.1, 0.15) is 44.9 Å². The van der Waals surface area contributed by atoms with Crippen molar-refractivity contribution < 1.29 is 23.5 Å². The zero-order chi connectivity index (χ0) is 29.3. The van der Waals surface area contributed by atoms with Crippen LogP contribution in [-0.2, 0) is 16.1 Å². The van der Waals surface area contributed by atoms with Crippen molar-refractivity contribution in [1.82, 2.24) is 25.5 Å². The van der Waals surface area contributed by atoms with Crippen molar-refractivity contribution in [3.63, 3.8) is 0 Å². The Labute approximate surface area is 236 Å². The molecule has 2 aromatic heterocycles. The maximum absolute atomic E-state index is 13.3. The minimum absolute atomic E-state index is 0.142. The summed E-state index contributed by atoms with van der Waals surface area (Å²) in [6.45, 7) is 7.10. The summed E-state index contributed by atoms with van der Waals surface area (Å²) in [6, 6.07) is 15.7. The van der Waals surface area contributed by atoms with Crippen molar-refractivity contribution >= 4 is 11.9 Å². The number of nitrogens with one attached hydrogen (secondary N) is 1. The molecular weight excluding hydrogens is 528 g/mol. The molecule has 0 aliphatic carbocycles. The van der Waals surface area contributed by atoms with Gasteiger partial charge < -0.3 is 23.6 Å². The summed E-state index contributed by atoms with van der Waals surface area (Å²) in [5, 5.41) is 25.7. The van der Waals surface area contributed by atoms with E-state index in [4.69, 9.17) is 13.6 Å². The molecule has 214 valence electrons. The first-order chi connectivity index (χ1) is 19.6. The van der Waals surface area contributed by atoms with Gasteiger partial charge in [-0.3, -0.25) is 4.90 Å². The molecule has 2 N–H and O–H groups in total. The monoisotopic (exact) mass is 560 g/mol. The molecule has 1 atom stereocenters. The Bertz CT molecular complexity index is 1610. The Kier molecular flexibility index (Phi) is 7.50. The number of benzene rings is 2. The first-order valence-electron chi connectivity index (χ1n) is 13.3. The van der Waals surface area contributed by atoms with Crippen LogP contribution >= 0.6 is 0 Å². The van der Waals surface area contributed by atoms with Crippen LogP contribution in [0.3, 0.4) is 0 Å². The summed E-state index contributed by atoms with van der Waals surface area (Å²) >= 11 is 0. The molecule has 0 spiro atoms. The lowest BCUT2D eigenvalue weighted by Gasteiger charge is -2.34. The summed E-state index contributed by atoms with van der Waals surface area (Å²) in [6.07, 6.45) is 0.872. The number of rotatable bonds is 9. The van der Waals surface area contributed by atoms with Crippen molar-refractivity contribution in [1.29, 1.82) is 0 Å². The van der Waals surface area contributed by atoms with Crippen molar-refractivity contribution in [2.75, 3.05) is 12.0 Å². The third-order valence-corrected chi connectivity index (χ3v) is 6.98. The van der Waals surface area contributed by atoms with Gasteiger partial charge in [0.1, 0.15) is 17.5 Å². The van der Waals surface area contributed by atoms with Crippen LogP contribution in [0.4, 0.5) is 5.88 Å². The number of aryl methyl sites for hydroxylation is 1. The van der Waals surface area contributed by atoms with E-state index in [9.17, 15) is 14.7 Å². The molecule has 0 saturated heterocycles. The van der Waals surface area contributed by atoms with Gasteiger partial charge in [0.25, 0.3) is 0 Å². The number of aliphatic hydroxyl groups is 1. The highest BCUT2D eigenvalue weighted by molar-refractivity contribution is 5.91. The van der Waals surface area contributed by atoms with Gasteiger partial charge in [0.2, 0.25) is 11.7 Å². The van der Waals surface area contributed by atoms with Gasteiger partial charge in [-0.05, 0) is 49.1 Å². The van der Waals surface area contributed by atoms with E-state index in [2.05, 4.69) is 20.6 Å². The molecule has 5 rings (SSSR count). The molecule has 41 heavy (non-hydrogen) atoms. The SMILES string of the molecule is CCCC1N(Cc2ccc(-c3ccccc3-c3nn[nH]n3)cc2)C(C(=O)OC)=C(C(C)(C)O)N1c1oc(=O)oc1C. The number of H-pyrrole nitrogens is 1. The fraction of sp³-hybridized carbons (Fsp3) is 0.345. The highest BCUT2D eigenvalue weighted by Crippen LogP contribution is 2.43. The Morgan fingerprint density at radius 1 is 1.12 bits per heavy atom. The third kappa shape index (κ3) is 5.25. The van der Waals surface area contributed by atoms with E-state index < -0.39 is 23.6 Å². The van der Waals surface area contributed by atoms with Crippen molar-refractivity contribution in [2.24, 2.45) is 0 Å². The van der Waals surface area contributed by atoms with Crippen molar-refractivity contribution in [3.05, 3.63) is 81.9 Å². The number of carbonyl (C=O) groups is 1. The van der Waals surface area contributed by atoms with E-state index in [0.717, 1.165) is 28.7 Å². The number of hydrogen-bond acceptors (Lipinski definition) is 11. The van der Waals surface area contributed by atoms with E-state index in [0.29, 0.717) is 18.8 Å². The molecule has 3 heterocycles. The fourth-order valence-corrected chi connectivity index (χ4v) is 5.30. The van der Waals surface area contributed by atoms with Gasteiger partial charge in [-0.2, -0.15) is 5.21 Å². The summed E-state index contributed by atoms with van der Waals surface area (Å²) in [5.74, 6) is -0.591. The molecule has 12 heteroatoms. The Hall–Kier alpha value is -4.71. The number of aromatic nitrogens is 4. The molecule has 1 aliphatic rings. The summed E-state index contributed by atoms with van der Waals surface area (Å²) in [7, 11) is 1.30. The molecule has 2 aromatic carbocycles. The van der Waals surface area contributed by atoms with Crippen LogP contribution in [0.25, 0.3) is 22.5 Å². The third-order valence-electron chi connectivity index (χ3n) is 6.98. The summed E-state index contributed by atoms with van der Waals surface area (Å²) in [4.78, 5) is 28.9. The molecule has 1 unspecified atom stereocenters. The Balaban J connectivity index is 1.57. The molecule has 0 amide bonds. The van der Waals surface area contributed by atoms with Gasteiger partial charge in [-0.15, -0.1) is 10.2 Å². The van der Waals surface area contributed by atoms with Crippen LogP contribution in [0.5, 0.6) is 0 Å². The van der Waals surface area contributed by atoms with Gasteiger partial charge >= 0.3 is 11.8 Å². The van der Waals surface area contributed by atoms with Crippen LogP contribution in [0, 0.1) is 6.92 Å². The lowest BCUT2D eigenvalue weighted by molar-refractivity contribution is -0.138. The molecule has 4 aromatic rings. The van der Waals surface area contributed by atoms with E-state index >= 15 is 0 Å². The minimum Gasteiger partial charge on any atom is -0.464 e. The van der Waals surface area contributed by atoms with Gasteiger partial charge in [0, 0.05) is 12.1 Å². The number of aromatic amines is 1. The molecule has 0 saturated carbocycles. The first kappa shape index (κ1) is 27.8. The molecule has 12 nitrogen and oxygen atoms in total. The number of anilines is 1. The number of carbonyl (C=O) groups excluding carboxylic acids is 1. The number of tetrazole rings is 1. The van der Waals surface area contributed by atoms with Crippen molar-refractivity contribution in [2.45, 2.75) is 58.8 Å². The summed E-state index contributed by atoms with van der Waals surface area (Å²) < 4.78 is 15.8. The number of hydrogen-bond donors (Lipinski definition) is 2. The van der Waals surface area contributed by atoms with Crippen LogP contribution < -0.4 is 10.7 Å². The topological polar surface area (TPSA) is 151 Å². The van der Waals surface area contributed by atoms with E-state index in [1.165, 1.54) is 7.11 Å². The second-order valence-corrected chi connectivity index (χ2v) is 10.3. The fourth-order valence-electron chi connectivity index (χ4n) is 5.30. The standard InChI is InChI=1S/C29H32N6O6/c1-6-9-22-34(23(27(36)39-5)24(29(3,4)38)35(22)26-17(2)40-28(37)41-26)16-18-12-14-19(15-13-18)20-10-7-8-11-21(20)25-30-32-33-31-25/h7-8,10-15,22,38H,6,9,16H2,1-5H3,(H,30,31,32,33). The Morgan fingerprint density at radius 2 is 1.83 bits per heavy atom. The number of ether oxygens (including phenoxy) is 1. The van der Waals surface area contributed by atoms with Crippen LogP contribution in [0.15, 0.2) is 73.6 Å². The van der Waals surface area contributed by atoms with Gasteiger partial charge in [-0.1, -0.05) is 61.9 Å². The van der Waals surface area contributed by atoms with E-state index in [1.54, 1.807) is 25.7 Å². The van der Waals surface area contributed by atoms with E-state index in [1.807, 2.05) is 60.4 Å². The van der Waals surface area contributed by atoms with Crippen LogP contribution in [-0.4, -0.2) is 55.5 Å². The second-order valence-electron chi connectivity index (χ2n) is 10.3. The molecular formula is C29H32N6O6. The zero-order valence-corrected chi connectivity index (χ0v) is 23.5. The molecule has 0 fully saturated rings. The second kappa shape index (κ2) is 11.0. The van der Waals surface area contributed by atoms with E-state index in [-0.39, 0.29) is 23.0 Å². The lowest BCUT2D eigenvalue weighted by atomic mass is 9.98. The maximum atomic E-state index is 13.3. The number of methoxy groups -OCH3 is 1. The molecule has 0 bridgehead atoms. The largest absolute Gasteiger partial charge is 0.520 e. The maximum Gasteiger partial charge on any atom is 0.520 e. The normalized spacial score (nSPS) is 15.6. The van der Waals surface area contributed by atoms with Gasteiger partial charge in [0.15, 0.2) is 5.76 Å². The van der Waals surface area contributed by atoms with Crippen molar-refractivity contribution in [3.8, 4) is 22.5 Å². The molecule has 0 radical (unpaired) electrons. The summed E-state index contributed by atoms with van der Waals surface area (Å²) in [5.41, 5.74) is 2.62. The quantitative estimate of drug-likeness (QED) is 0.286. The first-order valence-corrected chi connectivity index (χ1v) is 13.3. The lowest BCUT2D eigenvalue weighted by Crippen LogP contribution is -2.43. The predicted octanol–water partition coefficient (Wildman–Crippen LogP) is 3.99. The average Bonchev–Trinajstić information content (AvgIpc) is 3.67. The minimum atomic E-state index is -1.49. The predicted molar refractivity (Wildman–Crippen MR) is 149 cm³/mol. The average molecular weight is 561 g/mol.